The maximum absolute atomic E-state index is 10.9. The molecule has 0 spiro atoms. The second-order valence-electron chi connectivity index (χ2n) is 3.93. The molecule has 0 radical (unpaired) electrons. The maximum atomic E-state index is 10.9. The highest BCUT2D eigenvalue weighted by atomic mass is 16.1. The molecule has 1 fully saturated rings. The first-order valence-electron chi connectivity index (χ1n) is 4.22. The lowest BCUT2D eigenvalue weighted by Crippen LogP contribution is -2.56. The average molecular weight is 171 g/mol. The quantitative estimate of drug-likeness (QED) is 0.586. The number of primary amides is 1. The summed E-state index contributed by atoms with van der Waals surface area (Å²) in [5.41, 5.74) is 9.97. The monoisotopic (exact) mass is 171 g/mol. The predicted octanol–water partition coefficient (Wildman–Crippen LogP) is -0.717. The third-order valence-electron chi connectivity index (χ3n) is 2.31. The maximum Gasteiger partial charge on any atom is 0.238 e. The van der Waals surface area contributed by atoms with Crippen LogP contribution in [0.1, 0.15) is 19.8 Å². The molecule has 70 valence electrons. The molecule has 0 aromatic heterocycles. The molecule has 4 N–H and O–H groups in total. The molecule has 4 heteroatoms. The fourth-order valence-corrected chi connectivity index (χ4v) is 1.24. The van der Waals surface area contributed by atoms with Gasteiger partial charge in [-0.2, -0.15) is 0 Å². The van der Waals surface area contributed by atoms with Crippen LogP contribution in [0.15, 0.2) is 0 Å². The Morgan fingerprint density at radius 3 is 2.50 bits per heavy atom. The molecule has 1 amide bonds. The minimum absolute atomic E-state index is 0.435. The molecule has 0 bridgehead atoms. The lowest BCUT2D eigenvalue weighted by molar-refractivity contribution is -0.123. The van der Waals surface area contributed by atoms with Crippen molar-refractivity contribution in [3.05, 3.63) is 0 Å². The van der Waals surface area contributed by atoms with E-state index in [9.17, 15) is 4.79 Å². The van der Waals surface area contributed by atoms with Crippen molar-refractivity contribution in [2.24, 2.45) is 11.5 Å². The molecular weight excluding hydrogens is 154 g/mol. The fourth-order valence-electron chi connectivity index (χ4n) is 1.24. The lowest BCUT2D eigenvalue weighted by Gasteiger charge is -2.27. The SMILES string of the molecule is CN(CC(C)(N)C(N)=O)C1CC1. The summed E-state index contributed by atoms with van der Waals surface area (Å²) < 4.78 is 0. The van der Waals surface area contributed by atoms with Gasteiger partial charge < -0.3 is 16.4 Å². The molecule has 1 rings (SSSR count). The number of hydrogen-bond donors (Lipinski definition) is 2. The first-order chi connectivity index (χ1) is 5.43. The van der Waals surface area contributed by atoms with Crippen LogP contribution in [0.25, 0.3) is 0 Å². The van der Waals surface area contributed by atoms with Crippen LogP contribution in [-0.2, 0) is 4.79 Å². The van der Waals surface area contributed by atoms with Crippen LogP contribution >= 0.6 is 0 Å². The lowest BCUT2D eigenvalue weighted by atomic mass is 10.0. The number of carbonyl (C=O) groups excluding carboxylic acids is 1. The van der Waals surface area contributed by atoms with Crippen molar-refractivity contribution >= 4 is 5.91 Å². The van der Waals surface area contributed by atoms with Crippen LogP contribution in [0.4, 0.5) is 0 Å². The van der Waals surface area contributed by atoms with Gasteiger partial charge in [-0.1, -0.05) is 0 Å². The van der Waals surface area contributed by atoms with Crippen LogP contribution in [-0.4, -0.2) is 36.0 Å². The van der Waals surface area contributed by atoms with E-state index in [0.29, 0.717) is 12.6 Å². The summed E-state index contributed by atoms with van der Waals surface area (Å²) >= 11 is 0. The van der Waals surface area contributed by atoms with E-state index >= 15 is 0 Å². The van der Waals surface area contributed by atoms with Crippen molar-refractivity contribution in [3.8, 4) is 0 Å². The number of likely N-dealkylation sites (N-methyl/N-ethyl adjacent to an activating group) is 1. The summed E-state index contributed by atoms with van der Waals surface area (Å²) in [4.78, 5) is 13.0. The first kappa shape index (κ1) is 9.48. The van der Waals surface area contributed by atoms with E-state index in [4.69, 9.17) is 11.5 Å². The van der Waals surface area contributed by atoms with E-state index in [1.54, 1.807) is 6.92 Å². The van der Waals surface area contributed by atoms with Gasteiger partial charge in [0.15, 0.2) is 0 Å². The van der Waals surface area contributed by atoms with Crippen molar-refractivity contribution in [3.63, 3.8) is 0 Å². The largest absolute Gasteiger partial charge is 0.368 e. The molecule has 1 unspecified atom stereocenters. The Morgan fingerprint density at radius 2 is 2.17 bits per heavy atom. The molecule has 0 saturated heterocycles. The minimum atomic E-state index is -0.892. The summed E-state index contributed by atoms with van der Waals surface area (Å²) in [6.07, 6.45) is 2.43. The summed E-state index contributed by atoms with van der Waals surface area (Å²) in [5.74, 6) is -0.435. The van der Waals surface area contributed by atoms with Gasteiger partial charge in [-0.05, 0) is 26.8 Å². The van der Waals surface area contributed by atoms with Gasteiger partial charge in [-0.3, -0.25) is 4.79 Å². The van der Waals surface area contributed by atoms with Gasteiger partial charge >= 0.3 is 0 Å². The average Bonchev–Trinajstić information content (AvgIpc) is 2.65. The number of amides is 1. The summed E-state index contributed by atoms with van der Waals surface area (Å²) in [7, 11) is 1.98. The molecule has 0 aromatic rings. The molecular formula is C8H17N3O. The summed E-state index contributed by atoms with van der Waals surface area (Å²) in [6, 6.07) is 0.618. The van der Waals surface area contributed by atoms with E-state index in [1.165, 1.54) is 12.8 Å². The minimum Gasteiger partial charge on any atom is -0.368 e. The van der Waals surface area contributed by atoms with Gasteiger partial charge in [-0.25, -0.2) is 0 Å². The second-order valence-corrected chi connectivity index (χ2v) is 3.93. The number of carbonyl (C=O) groups is 1. The summed E-state index contributed by atoms with van der Waals surface area (Å²) in [6.45, 7) is 2.22. The fraction of sp³-hybridized carbons (Fsp3) is 0.875. The predicted molar refractivity (Wildman–Crippen MR) is 47.4 cm³/mol. The molecule has 0 aromatic carbocycles. The smallest absolute Gasteiger partial charge is 0.238 e. The zero-order valence-corrected chi connectivity index (χ0v) is 7.71. The Labute approximate surface area is 72.9 Å². The normalized spacial score (nSPS) is 22.3. The topological polar surface area (TPSA) is 72.3 Å². The van der Waals surface area contributed by atoms with Gasteiger partial charge in [0, 0.05) is 12.6 Å². The van der Waals surface area contributed by atoms with Crippen molar-refractivity contribution in [1.29, 1.82) is 0 Å². The van der Waals surface area contributed by atoms with Crippen molar-refractivity contribution in [2.45, 2.75) is 31.3 Å². The number of hydrogen-bond acceptors (Lipinski definition) is 3. The Morgan fingerprint density at radius 1 is 1.67 bits per heavy atom. The number of nitrogens with two attached hydrogens (primary N) is 2. The van der Waals surface area contributed by atoms with E-state index in [2.05, 4.69) is 4.90 Å². The summed E-state index contributed by atoms with van der Waals surface area (Å²) in [5, 5.41) is 0. The zero-order valence-electron chi connectivity index (χ0n) is 7.71. The van der Waals surface area contributed by atoms with Gasteiger partial charge in [0.25, 0.3) is 0 Å². The van der Waals surface area contributed by atoms with Crippen LogP contribution in [0.3, 0.4) is 0 Å². The molecule has 0 aliphatic heterocycles. The van der Waals surface area contributed by atoms with Gasteiger partial charge in [-0.15, -0.1) is 0 Å². The third-order valence-corrected chi connectivity index (χ3v) is 2.31. The van der Waals surface area contributed by atoms with Gasteiger partial charge in [0.05, 0.1) is 0 Å². The highest BCUT2D eigenvalue weighted by Gasteiger charge is 2.33. The zero-order chi connectivity index (χ0) is 9.35. The Kier molecular flexibility index (Phi) is 2.39. The van der Waals surface area contributed by atoms with Crippen LogP contribution < -0.4 is 11.5 Å². The first-order valence-corrected chi connectivity index (χ1v) is 4.22. The highest BCUT2D eigenvalue weighted by Crippen LogP contribution is 2.26. The van der Waals surface area contributed by atoms with Crippen molar-refractivity contribution < 1.29 is 4.79 Å². The van der Waals surface area contributed by atoms with Crippen LogP contribution in [0, 0.1) is 0 Å². The van der Waals surface area contributed by atoms with Gasteiger partial charge in [0.1, 0.15) is 5.54 Å². The highest BCUT2D eigenvalue weighted by molar-refractivity contribution is 5.84. The molecule has 1 aliphatic carbocycles. The number of nitrogens with zero attached hydrogens (tertiary/aromatic N) is 1. The van der Waals surface area contributed by atoms with E-state index < -0.39 is 11.4 Å². The Balaban J connectivity index is 2.42. The second kappa shape index (κ2) is 3.03. The third kappa shape index (κ3) is 2.19. The standard InChI is InChI=1S/C8H17N3O/c1-8(10,7(9)12)5-11(2)6-3-4-6/h6H,3-5,10H2,1-2H3,(H2,9,12). The molecule has 1 saturated carbocycles. The molecule has 1 atom stereocenters. The van der Waals surface area contributed by atoms with Gasteiger partial charge in [0.2, 0.25) is 5.91 Å². The van der Waals surface area contributed by atoms with E-state index in [1.807, 2.05) is 7.05 Å². The number of rotatable bonds is 4. The van der Waals surface area contributed by atoms with Crippen LogP contribution in [0.5, 0.6) is 0 Å². The molecule has 12 heavy (non-hydrogen) atoms. The Hall–Kier alpha value is -0.610. The molecule has 0 heterocycles. The van der Waals surface area contributed by atoms with Crippen LogP contribution in [0.2, 0.25) is 0 Å². The Bertz CT molecular complexity index is 187. The van der Waals surface area contributed by atoms with Crippen molar-refractivity contribution in [1.82, 2.24) is 4.90 Å². The molecule has 4 nitrogen and oxygen atoms in total. The van der Waals surface area contributed by atoms with E-state index in [-0.39, 0.29) is 0 Å². The molecule has 1 aliphatic rings. The van der Waals surface area contributed by atoms with E-state index in [0.717, 1.165) is 0 Å². The van der Waals surface area contributed by atoms with Crippen molar-refractivity contribution in [2.75, 3.05) is 13.6 Å².